The molecule has 2 aromatic carbocycles. The van der Waals surface area contributed by atoms with Gasteiger partial charge in [-0.25, -0.2) is 17.7 Å². The molecule has 0 bridgehead atoms. The molecule has 2 atom stereocenters. The lowest BCUT2D eigenvalue weighted by Gasteiger charge is -2.30. The molecule has 2 heterocycles. The Kier molecular flexibility index (Phi) is 5.77. The summed E-state index contributed by atoms with van der Waals surface area (Å²) in [5.41, 5.74) is 1.76. The van der Waals surface area contributed by atoms with E-state index < -0.39 is 31.3 Å². The molecule has 1 aliphatic rings. The van der Waals surface area contributed by atoms with E-state index in [0.717, 1.165) is 36.0 Å². The maximum absolute atomic E-state index is 13.7. The summed E-state index contributed by atoms with van der Waals surface area (Å²) in [6, 6.07) is 9.23. The SMILES string of the molecule is CN(C)CCc1cn(P2(=O)OCCC(c3cc(F)c(F)c(F)c3)O2)c2ccccc12. The molecule has 0 N–H and O–H groups in total. The maximum atomic E-state index is 13.7. The van der Waals surface area contributed by atoms with Crippen molar-refractivity contribution in [1.29, 1.82) is 0 Å². The van der Waals surface area contributed by atoms with E-state index in [1.54, 1.807) is 6.20 Å². The van der Waals surface area contributed by atoms with Crippen LogP contribution in [0.2, 0.25) is 0 Å². The highest BCUT2D eigenvalue weighted by Crippen LogP contribution is 2.58. The van der Waals surface area contributed by atoms with Crippen LogP contribution in [0.4, 0.5) is 13.2 Å². The van der Waals surface area contributed by atoms with Crippen molar-refractivity contribution in [2.45, 2.75) is 18.9 Å². The minimum absolute atomic E-state index is 0.0715. The second-order valence-corrected chi connectivity index (χ2v) is 9.39. The van der Waals surface area contributed by atoms with Gasteiger partial charge in [0.05, 0.1) is 18.2 Å². The molecule has 1 fully saturated rings. The Morgan fingerprint density at radius 3 is 2.57 bits per heavy atom. The molecule has 1 saturated heterocycles. The van der Waals surface area contributed by atoms with Crippen LogP contribution in [0.5, 0.6) is 0 Å². The summed E-state index contributed by atoms with van der Waals surface area (Å²) in [6.07, 6.45) is 1.84. The summed E-state index contributed by atoms with van der Waals surface area (Å²) >= 11 is 0. The van der Waals surface area contributed by atoms with Crippen LogP contribution in [-0.2, 0) is 20.0 Å². The molecule has 30 heavy (non-hydrogen) atoms. The van der Waals surface area contributed by atoms with E-state index in [0.29, 0.717) is 5.52 Å². The normalized spacial score (nSPS) is 22.1. The van der Waals surface area contributed by atoms with Crippen molar-refractivity contribution in [1.82, 2.24) is 9.24 Å². The number of hydrogen-bond donors (Lipinski definition) is 0. The number of halogens is 3. The molecule has 0 aliphatic carbocycles. The Morgan fingerprint density at radius 1 is 1.17 bits per heavy atom. The number of nitrogens with zero attached hydrogens (tertiary/aromatic N) is 2. The van der Waals surface area contributed by atoms with Crippen molar-refractivity contribution >= 4 is 18.6 Å². The molecule has 5 nitrogen and oxygen atoms in total. The van der Waals surface area contributed by atoms with Crippen molar-refractivity contribution in [2.75, 3.05) is 27.2 Å². The number of benzene rings is 2. The Balaban J connectivity index is 1.71. The van der Waals surface area contributed by atoms with Crippen molar-refractivity contribution in [3.63, 3.8) is 0 Å². The molecular weight excluding hydrogens is 416 g/mol. The van der Waals surface area contributed by atoms with E-state index in [2.05, 4.69) is 4.90 Å². The van der Waals surface area contributed by atoms with Crippen molar-refractivity contribution in [3.8, 4) is 0 Å². The number of fused-ring (bicyclic) bond motifs is 1. The first-order chi connectivity index (χ1) is 14.3. The minimum Gasteiger partial charge on any atom is -0.309 e. The van der Waals surface area contributed by atoms with Gasteiger partial charge in [-0.1, -0.05) is 18.2 Å². The predicted octanol–water partition coefficient (Wildman–Crippen LogP) is 5.30. The number of likely N-dealkylation sites (N-methyl/N-ethyl adjacent to an activating group) is 1. The monoisotopic (exact) mass is 438 g/mol. The topological polar surface area (TPSA) is 43.7 Å². The fraction of sp³-hybridized carbons (Fsp3) is 0.333. The van der Waals surface area contributed by atoms with Crippen LogP contribution in [-0.4, -0.2) is 36.5 Å². The lowest BCUT2D eigenvalue weighted by Crippen LogP contribution is -2.18. The zero-order valence-electron chi connectivity index (χ0n) is 16.6. The molecular formula is C21H22F3N2O3P. The van der Waals surface area contributed by atoms with E-state index in [1.807, 2.05) is 38.4 Å². The van der Waals surface area contributed by atoms with E-state index in [4.69, 9.17) is 9.05 Å². The van der Waals surface area contributed by atoms with Crippen LogP contribution < -0.4 is 0 Å². The first-order valence-electron chi connectivity index (χ1n) is 9.60. The molecule has 160 valence electrons. The smallest absolute Gasteiger partial charge is 0.309 e. The Labute approximate surface area is 172 Å². The summed E-state index contributed by atoms with van der Waals surface area (Å²) in [7, 11) is 0.108. The van der Waals surface area contributed by atoms with Gasteiger partial charge in [-0.05, 0) is 49.8 Å². The van der Waals surface area contributed by atoms with E-state index >= 15 is 0 Å². The molecule has 0 amide bonds. The van der Waals surface area contributed by atoms with Gasteiger partial charge in [0.15, 0.2) is 17.5 Å². The van der Waals surface area contributed by atoms with Gasteiger partial charge in [-0.15, -0.1) is 0 Å². The van der Waals surface area contributed by atoms with Crippen molar-refractivity contribution in [3.05, 3.63) is 71.2 Å². The van der Waals surface area contributed by atoms with Crippen LogP contribution in [0, 0.1) is 17.5 Å². The summed E-state index contributed by atoms with van der Waals surface area (Å²) in [6.45, 7) is 0.874. The number of para-hydroxylation sites is 1. The second kappa shape index (κ2) is 8.19. The van der Waals surface area contributed by atoms with Crippen LogP contribution in [0.1, 0.15) is 23.7 Å². The predicted molar refractivity (Wildman–Crippen MR) is 108 cm³/mol. The summed E-state index contributed by atoms with van der Waals surface area (Å²) in [4.78, 5) is 2.05. The van der Waals surface area contributed by atoms with E-state index in [9.17, 15) is 17.7 Å². The van der Waals surface area contributed by atoms with Gasteiger partial charge >= 0.3 is 7.75 Å². The Hall–Kier alpha value is -2.12. The molecule has 3 aromatic rings. The molecule has 4 rings (SSSR count). The molecule has 0 saturated carbocycles. The fourth-order valence-corrected chi connectivity index (χ4v) is 5.49. The summed E-state index contributed by atoms with van der Waals surface area (Å²) in [5, 5.41) is 0.933. The van der Waals surface area contributed by atoms with Gasteiger partial charge in [0.2, 0.25) is 0 Å². The van der Waals surface area contributed by atoms with Gasteiger partial charge in [0, 0.05) is 24.5 Å². The summed E-state index contributed by atoms with van der Waals surface area (Å²) < 4.78 is 67.2. The van der Waals surface area contributed by atoms with Crippen LogP contribution >= 0.6 is 7.75 Å². The molecule has 1 aliphatic heterocycles. The molecule has 9 heteroatoms. The minimum atomic E-state index is -3.84. The summed E-state index contributed by atoms with van der Waals surface area (Å²) in [5.74, 6) is -4.17. The van der Waals surface area contributed by atoms with Crippen molar-refractivity contribution in [2.24, 2.45) is 0 Å². The van der Waals surface area contributed by atoms with Crippen LogP contribution in [0.3, 0.4) is 0 Å². The maximum Gasteiger partial charge on any atom is 0.439 e. The highest BCUT2D eigenvalue weighted by molar-refractivity contribution is 7.52. The zero-order valence-corrected chi connectivity index (χ0v) is 17.5. The molecule has 1 aromatic heterocycles. The van der Waals surface area contributed by atoms with Crippen LogP contribution in [0.25, 0.3) is 10.9 Å². The third kappa shape index (κ3) is 3.93. The largest absolute Gasteiger partial charge is 0.439 e. The van der Waals surface area contributed by atoms with E-state index in [-0.39, 0.29) is 18.6 Å². The average Bonchev–Trinajstić information content (AvgIpc) is 3.10. The number of rotatable bonds is 5. The third-order valence-electron chi connectivity index (χ3n) is 5.14. The average molecular weight is 438 g/mol. The highest BCUT2D eigenvalue weighted by atomic mass is 31.2. The van der Waals surface area contributed by atoms with Gasteiger partial charge in [0.25, 0.3) is 0 Å². The van der Waals surface area contributed by atoms with Gasteiger partial charge in [0.1, 0.15) is 0 Å². The molecule has 2 unspecified atom stereocenters. The quantitative estimate of drug-likeness (QED) is 0.401. The lowest BCUT2D eigenvalue weighted by molar-refractivity contribution is 0.0766. The molecule has 0 spiro atoms. The molecule has 0 radical (unpaired) electrons. The fourth-order valence-electron chi connectivity index (χ4n) is 3.60. The Morgan fingerprint density at radius 2 is 1.87 bits per heavy atom. The number of aromatic nitrogens is 1. The van der Waals surface area contributed by atoms with Gasteiger partial charge in [-0.3, -0.25) is 13.4 Å². The van der Waals surface area contributed by atoms with Crippen molar-refractivity contribution < 1.29 is 26.8 Å². The number of hydrogen-bond acceptors (Lipinski definition) is 4. The highest BCUT2D eigenvalue weighted by Gasteiger charge is 2.38. The standard InChI is InChI=1S/C21H22F3N2O3P/c1-25(2)9-7-14-13-26(19-6-4-3-5-16(14)19)30(27)28-10-8-20(29-30)15-11-17(22)21(24)18(23)12-15/h3-6,11-13,20H,7-10H2,1-2H3. The Bertz CT molecular complexity index is 1110. The first-order valence-corrected chi connectivity index (χ1v) is 11.1. The van der Waals surface area contributed by atoms with Gasteiger partial charge < -0.3 is 4.90 Å². The third-order valence-corrected chi connectivity index (χ3v) is 7.03. The first kappa shape index (κ1) is 21.1. The zero-order chi connectivity index (χ0) is 21.5. The van der Waals surface area contributed by atoms with Gasteiger partial charge in [-0.2, -0.15) is 0 Å². The lowest BCUT2D eigenvalue weighted by atomic mass is 10.1. The van der Waals surface area contributed by atoms with E-state index in [1.165, 1.54) is 4.34 Å². The van der Waals surface area contributed by atoms with Crippen LogP contribution in [0.15, 0.2) is 42.6 Å². The second-order valence-electron chi connectivity index (χ2n) is 7.55.